The summed E-state index contributed by atoms with van der Waals surface area (Å²) in [6, 6.07) is 0. The summed E-state index contributed by atoms with van der Waals surface area (Å²) in [4.78, 5) is 2.22. The summed E-state index contributed by atoms with van der Waals surface area (Å²) in [6.07, 6.45) is 0. The summed E-state index contributed by atoms with van der Waals surface area (Å²) in [5, 5.41) is 0. The summed E-state index contributed by atoms with van der Waals surface area (Å²) in [6.45, 7) is 15.1. The number of hydrogen-bond acceptors (Lipinski definition) is 3. The maximum Gasteiger partial charge on any atom is 0.0672 e. The van der Waals surface area contributed by atoms with Gasteiger partial charge in [0.15, 0.2) is 0 Å². The molecule has 0 saturated heterocycles. The first kappa shape index (κ1) is 15.6. The quantitative estimate of drug-likeness (QED) is 0.423. The fourth-order valence-corrected chi connectivity index (χ4v) is 1.12. The molecule has 0 spiro atoms. The van der Waals surface area contributed by atoms with Crippen LogP contribution in [0.15, 0.2) is 12.2 Å². The van der Waals surface area contributed by atoms with E-state index in [4.69, 9.17) is 9.47 Å². The van der Waals surface area contributed by atoms with Crippen molar-refractivity contribution >= 4 is 0 Å². The minimum atomic E-state index is 0.615. The van der Waals surface area contributed by atoms with E-state index in [1.807, 2.05) is 6.92 Å². The molecule has 0 heterocycles. The Balaban J connectivity index is 3.24. The molecule has 0 rings (SSSR count). The predicted octanol–water partition coefficient (Wildman–Crippen LogP) is 2.18. The highest BCUT2D eigenvalue weighted by molar-refractivity contribution is 4.87. The zero-order valence-corrected chi connectivity index (χ0v) is 11.3. The molecule has 0 radical (unpaired) electrons. The lowest BCUT2D eigenvalue weighted by molar-refractivity contribution is 0.0783. The third-order valence-corrected chi connectivity index (χ3v) is 2.03. The first-order chi connectivity index (χ1) is 7.52. The van der Waals surface area contributed by atoms with E-state index >= 15 is 0 Å². The molecule has 0 aliphatic carbocycles. The zero-order valence-electron chi connectivity index (χ0n) is 11.3. The van der Waals surface area contributed by atoms with Crippen LogP contribution in [0, 0.1) is 5.92 Å². The molecule has 0 aromatic rings. The van der Waals surface area contributed by atoms with Crippen LogP contribution in [-0.2, 0) is 9.47 Å². The standard InChI is InChI=1S/C13H27NO2/c1-12(2)10-15-8-6-14(5)7-9-16-11-13(3)4/h13H,1,6-11H2,2-5H3. The molecule has 0 bridgehead atoms. The summed E-state index contributed by atoms with van der Waals surface area (Å²) in [7, 11) is 2.09. The van der Waals surface area contributed by atoms with Crippen LogP contribution in [0.2, 0.25) is 0 Å². The van der Waals surface area contributed by atoms with Gasteiger partial charge in [0, 0.05) is 19.7 Å². The molecule has 0 atom stereocenters. The molecule has 0 unspecified atom stereocenters. The predicted molar refractivity (Wildman–Crippen MR) is 68.8 cm³/mol. The van der Waals surface area contributed by atoms with E-state index < -0.39 is 0 Å². The monoisotopic (exact) mass is 229 g/mol. The molecule has 0 fully saturated rings. The van der Waals surface area contributed by atoms with Crippen LogP contribution >= 0.6 is 0 Å². The lowest BCUT2D eigenvalue weighted by Gasteiger charge is -2.17. The minimum absolute atomic E-state index is 0.615. The normalized spacial score (nSPS) is 11.4. The molecule has 0 saturated carbocycles. The Labute approximate surface area is 100 Å². The summed E-state index contributed by atoms with van der Waals surface area (Å²) < 4.78 is 10.9. The van der Waals surface area contributed by atoms with Gasteiger partial charge in [-0.3, -0.25) is 0 Å². The van der Waals surface area contributed by atoms with Crippen LogP contribution in [-0.4, -0.2) is 51.5 Å². The number of hydrogen-bond donors (Lipinski definition) is 0. The van der Waals surface area contributed by atoms with Crippen LogP contribution in [0.4, 0.5) is 0 Å². The van der Waals surface area contributed by atoms with Crippen LogP contribution < -0.4 is 0 Å². The zero-order chi connectivity index (χ0) is 12.4. The second-order valence-corrected chi connectivity index (χ2v) is 4.78. The Bertz CT molecular complexity index is 181. The average Bonchev–Trinajstić information content (AvgIpc) is 2.19. The Morgan fingerprint density at radius 2 is 1.75 bits per heavy atom. The van der Waals surface area contributed by atoms with Crippen LogP contribution in [0.5, 0.6) is 0 Å². The Kier molecular flexibility index (Phi) is 9.59. The van der Waals surface area contributed by atoms with E-state index in [1.165, 1.54) is 0 Å². The van der Waals surface area contributed by atoms with Crippen molar-refractivity contribution in [2.45, 2.75) is 20.8 Å². The molecule has 0 N–H and O–H groups in total. The van der Waals surface area contributed by atoms with Crippen LogP contribution in [0.1, 0.15) is 20.8 Å². The van der Waals surface area contributed by atoms with Gasteiger partial charge in [0.25, 0.3) is 0 Å². The SMILES string of the molecule is C=C(C)COCCN(C)CCOCC(C)C. The fourth-order valence-electron chi connectivity index (χ4n) is 1.12. The molecule has 3 heteroatoms. The highest BCUT2D eigenvalue weighted by Gasteiger charge is 1.99. The summed E-state index contributed by atoms with van der Waals surface area (Å²) in [5.41, 5.74) is 1.07. The average molecular weight is 229 g/mol. The van der Waals surface area contributed by atoms with E-state index in [2.05, 4.69) is 32.4 Å². The second-order valence-electron chi connectivity index (χ2n) is 4.78. The lowest BCUT2D eigenvalue weighted by Crippen LogP contribution is -2.27. The Morgan fingerprint density at radius 3 is 2.25 bits per heavy atom. The van der Waals surface area contributed by atoms with Gasteiger partial charge in [-0.05, 0) is 19.9 Å². The maximum absolute atomic E-state index is 5.51. The van der Waals surface area contributed by atoms with E-state index in [0.29, 0.717) is 12.5 Å². The minimum Gasteiger partial charge on any atom is -0.380 e. The molecule has 0 aromatic heterocycles. The second kappa shape index (κ2) is 9.82. The molecule has 0 amide bonds. The van der Waals surface area contributed by atoms with E-state index in [1.54, 1.807) is 0 Å². The Morgan fingerprint density at radius 1 is 1.19 bits per heavy atom. The van der Waals surface area contributed by atoms with E-state index in [-0.39, 0.29) is 0 Å². The molecule has 0 aliphatic rings. The Hall–Kier alpha value is -0.380. The van der Waals surface area contributed by atoms with Crippen molar-refractivity contribution in [2.24, 2.45) is 5.92 Å². The third-order valence-electron chi connectivity index (χ3n) is 2.03. The van der Waals surface area contributed by atoms with Gasteiger partial charge in [-0.2, -0.15) is 0 Å². The third kappa shape index (κ3) is 11.7. The van der Waals surface area contributed by atoms with Crippen molar-refractivity contribution in [2.75, 3.05) is 46.6 Å². The molecule has 96 valence electrons. The smallest absolute Gasteiger partial charge is 0.0672 e. The van der Waals surface area contributed by atoms with Crippen LogP contribution in [0.3, 0.4) is 0 Å². The first-order valence-electron chi connectivity index (χ1n) is 6.00. The highest BCUT2D eigenvalue weighted by Crippen LogP contribution is 1.93. The largest absolute Gasteiger partial charge is 0.380 e. The number of rotatable bonds is 10. The van der Waals surface area contributed by atoms with Crippen LogP contribution in [0.25, 0.3) is 0 Å². The summed E-state index contributed by atoms with van der Waals surface area (Å²) in [5.74, 6) is 0.615. The molecule has 3 nitrogen and oxygen atoms in total. The van der Waals surface area contributed by atoms with Crippen molar-refractivity contribution in [3.63, 3.8) is 0 Å². The maximum atomic E-state index is 5.51. The van der Waals surface area contributed by atoms with E-state index in [9.17, 15) is 0 Å². The molecule has 0 aliphatic heterocycles. The van der Waals surface area contributed by atoms with Crippen molar-refractivity contribution in [3.8, 4) is 0 Å². The van der Waals surface area contributed by atoms with Gasteiger partial charge >= 0.3 is 0 Å². The van der Waals surface area contributed by atoms with Gasteiger partial charge in [0.05, 0.1) is 19.8 Å². The van der Waals surface area contributed by atoms with Gasteiger partial charge < -0.3 is 14.4 Å². The molecular formula is C13H27NO2. The van der Waals surface area contributed by atoms with Gasteiger partial charge in [0.1, 0.15) is 0 Å². The number of nitrogens with zero attached hydrogens (tertiary/aromatic N) is 1. The molecular weight excluding hydrogens is 202 g/mol. The van der Waals surface area contributed by atoms with Gasteiger partial charge in [-0.1, -0.05) is 26.0 Å². The topological polar surface area (TPSA) is 21.7 Å². The van der Waals surface area contributed by atoms with Crippen molar-refractivity contribution in [3.05, 3.63) is 12.2 Å². The first-order valence-corrected chi connectivity index (χ1v) is 6.00. The highest BCUT2D eigenvalue weighted by atomic mass is 16.5. The van der Waals surface area contributed by atoms with Gasteiger partial charge in [-0.25, -0.2) is 0 Å². The van der Waals surface area contributed by atoms with Gasteiger partial charge in [0.2, 0.25) is 0 Å². The molecule has 16 heavy (non-hydrogen) atoms. The fraction of sp³-hybridized carbons (Fsp3) is 0.846. The van der Waals surface area contributed by atoms with E-state index in [0.717, 1.165) is 38.5 Å². The lowest BCUT2D eigenvalue weighted by atomic mass is 10.2. The van der Waals surface area contributed by atoms with Crippen molar-refractivity contribution in [1.82, 2.24) is 4.90 Å². The number of ether oxygens (including phenoxy) is 2. The molecule has 0 aromatic carbocycles. The van der Waals surface area contributed by atoms with Crippen molar-refractivity contribution < 1.29 is 9.47 Å². The summed E-state index contributed by atoms with van der Waals surface area (Å²) >= 11 is 0. The van der Waals surface area contributed by atoms with Gasteiger partial charge in [-0.15, -0.1) is 0 Å². The van der Waals surface area contributed by atoms with Crippen molar-refractivity contribution in [1.29, 1.82) is 0 Å². The number of likely N-dealkylation sites (N-methyl/N-ethyl adjacent to an activating group) is 1.